The lowest BCUT2D eigenvalue weighted by atomic mass is 10.2. The van der Waals surface area contributed by atoms with Crippen LogP contribution in [0.5, 0.6) is 0 Å². The van der Waals surface area contributed by atoms with Crippen molar-refractivity contribution >= 4 is 44.4 Å². The molecule has 0 aliphatic carbocycles. The summed E-state index contributed by atoms with van der Waals surface area (Å²) in [4.78, 5) is 16.4. The van der Waals surface area contributed by atoms with Crippen LogP contribution in [0.2, 0.25) is 0 Å². The summed E-state index contributed by atoms with van der Waals surface area (Å²) in [7, 11) is 0. The molecule has 1 amide bonds. The number of amides is 1. The third-order valence-corrected chi connectivity index (χ3v) is 4.96. The normalized spacial score (nSPS) is 11.0. The zero-order chi connectivity index (χ0) is 15.5. The first-order chi connectivity index (χ1) is 10.7. The van der Waals surface area contributed by atoms with Crippen molar-refractivity contribution in [1.82, 2.24) is 19.7 Å². The van der Waals surface area contributed by atoms with Crippen molar-refractivity contribution in [3.63, 3.8) is 0 Å². The van der Waals surface area contributed by atoms with E-state index in [1.807, 2.05) is 30.5 Å². The Balaban J connectivity index is 1.63. The van der Waals surface area contributed by atoms with Gasteiger partial charge < -0.3 is 9.88 Å². The van der Waals surface area contributed by atoms with E-state index in [-0.39, 0.29) is 11.7 Å². The summed E-state index contributed by atoms with van der Waals surface area (Å²) in [6.07, 6.45) is 1.66. The van der Waals surface area contributed by atoms with Gasteiger partial charge in [-0.05, 0) is 31.5 Å². The van der Waals surface area contributed by atoms with E-state index in [0.717, 1.165) is 21.9 Å². The van der Waals surface area contributed by atoms with Gasteiger partial charge in [-0.2, -0.15) is 0 Å². The summed E-state index contributed by atoms with van der Waals surface area (Å²) < 4.78 is 2.98. The van der Waals surface area contributed by atoms with Crippen LogP contribution in [-0.2, 0) is 11.3 Å². The van der Waals surface area contributed by atoms with Gasteiger partial charge in [-0.1, -0.05) is 29.2 Å². The van der Waals surface area contributed by atoms with Crippen LogP contribution in [0.15, 0.2) is 29.7 Å². The molecule has 3 aromatic rings. The molecule has 0 spiro atoms. The number of rotatable bonds is 5. The highest BCUT2D eigenvalue weighted by atomic mass is 32.2. The zero-order valence-corrected chi connectivity index (χ0v) is 13.9. The zero-order valence-electron chi connectivity index (χ0n) is 12.2. The highest BCUT2D eigenvalue weighted by Crippen LogP contribution is 2.27. The molecule has 114 valence electrons. The molecule has 0 aliphatic heterocycles. The second kappa shape index (κ2) is 6.45. The van der Waals surface area contributed by atoms with E-state index < -0.39 is 0 Å². The predicted molar refractivity (Wildman–Crippen MR) is 89.4 cm³/mol. The van der Waals surface area contributed by atoms with E-state index in [9.17, 15) is 4.79 Å². The largest absolute Gasteiger partial charge is 0.309 e. The number of benzene rings is 1. The molecule has 0 atom stereocenters. The molecule has 0 saturated carbocycles. The van der Waals surface area contributed by atoms with Gasteiger partial charge in [0.25, 0.3) is 0 Å². The maximum atomic E-state index is 12.0. The SMILES string of the molecule is CCn1cnnc1SCC(=O)Nc1nc2ccc(C)cc2s1. The molecule has 2 aromatic heterocycles. The van der Waals surface area contributed by atoms with E-state index in [1.54, 1.807) is 6.33 Å². The molecule has 2 heterocycles. The van der Waals surface area contributed by atoms with Crippen LogP contribution < -0.4 is 5.32 Å². The number of carbonyl (C=O) groups is 1. The van der Waals surface area contributed by atoms with Gasteiger partial charge in [0.05, 0.1) is 16.0 Å². The predicted octanol–water partition coefficient (Wildman–Crippen LogP) is 2.95. The third kappa shape index (κ3) is 3.28. The summed E-state index contributed by atoms with van der Waals surface area (Å²) in [5, 5.41) is 12.1. The van der Waals surface area contributed by atoms with Gasteiger partial charge >= 0.3 is 0 Å². The summed E-state index contributed by atoms with van der Waals surface area (Å²) in [6, 6.07) is 6.05. The fourth-order valence-corrected chi connectivity index (χ4v) is 3.70. The standard InChI is InChI=1S/C14H15N5OS2/c1-3-19-8-15-18-14(19)21-7-12(20)17-13-16-10-5-4-9(2)6-11(10)22-13/h4-6,8H,3,7H2,1-2H3,(H,16,17,20). The van der Waals surface area contributed by atoms with Crippen LogP contribution in [-0.4, -0.2) is 31.4 Å². The summed E-state index contributed by atoms with van der Waals surface area (Å²) in [5.74, 6) is 0.194. The van der Waals surface area contributed by atoms with E-state index in [1.165, 1.54) is 28.7 Å². The summed E-state index contributed by atoms with van der Waals surface area (Å²) in [5.41, 5.74) is 2.09. The highest BCUT2D eigenvalue weighted by molar-refractivity contribution is 7.99. The van der Waals surface area contributed by atoms with Crippen molar-refractivity contribution in [3.05, 3.63) is 30.1 Å². The lowest BCUT2D eigenvalue weighted by Gasteiger charge is -2.02. The molecule has 1 N–H and O–H groups in total. The number of aryl methyl sites for hydroxylation is 2. The van der Waals surface area contributed by atoms with Crippen LogP contribution in [0.3, 0.4) is 0 Å². The summed E-state index contributed by atoms with van der Waals surface area (Å²) >= 11 is 2.85. The van der Waals surface area contributed by atoms with Gasteiger partial charge in [-0.15, -0.1) is 10.2 Å². The first-order valence-electron chi connectivity index (χ1n) is 6.83. The fourth-order valence-electron chi connectivity index (χ4n) is 1.94. The molecular formula is C14H15N5OS2. The molecular weight excluding hydrogens is 318 g/mol. The van der Waals surface area contributed by atoms with Gasteiger partial charge in [-0.25, -0.2) is 4.98 Å². The Hall–Kier alpha value is -1.93. The number of nitrogens with one attached hydrogen (secondary N) is 1. The van der Waals surface area contributed by atoms with Crippen molar-refractivity contribution in [1.29, 1.82) is 0 Å². The van der Waals surface area contributed by atoms with Crippen LogP contribution in [0.1, 0.15) is 12.5 Å². The number of fused-ring (bicyclic) bond motifs is 1. The quantitative estimate of drug-likeness (QED) is 0.727. The van der Waals surface area contributed by atoms with E-state index >= 15 is 0 Å². The van der Waals surface area contributed by atoms with E-state index in [4.69, 9.17) is 0 Å². The molecule has 0 saturated heterocycles. The van der Waals surface area contributed by atoms with Crippen molar-refractivity contribution in [3.8, 4) is 0 Å². The van der Waals surface area contributed by atoms with Crippen LogP contribution in [0.25, 0.3) is 10.2 Å². The number of hydrogen-bond donors (Lipinski definition) is 1. The highest BCUT2D eigenvalue weighted by Gasteiger charge is 2.10. The molecule has 6 nitrogen and oxygen atoms in total. The number of anilines is 1. The second-order valence-corrected chi connectivity index (χ2v) is 6.70. The Morgan fingerprint density at radius 3 is 3.14 bits per heavy atom. The Morgan fingerprint density at radius 2 is 2.32 bits per heavy atom. The molecule has 0 unspecified atom stereocenters. The molecule has 22 heavy (non-hydrogen) atoms. The monoisotopic (exact) mass is 333 g/mol. The number of thioether (sulfide) groups is 1. The number of carbonyl (C=O) groups excluding carboxylic acids is 1. The number of hydrogen-bond acceptors (Lipinski definition) is 6. The van der Waals surface area contributed by atoms with Gasteiger partial charge in [0, 0.05) is 6.54 Å². The Kier molecular flexibility index (Phi) is 4.39. The van der Waals surface area contributed by atoms with Gasteiger partial charge in [0.2, 0.25) is 5.91 Å². The van der Waals surface area contributed by atoms with Crippen LogP contribution in [0.4, 0.5) is 5.13 Å². The average molecular weight is 333 g/mol. The van der Waals surface area contributed by atoms with Crippen LogP contribution in [0, 0.1) is 6.92 Å². The Bertz CT molecular complexity index is 811. The van der Waals surface area contributed by atoms with Crippen molar-refractivity contribution in [2.75, 3.05) is 11.1 Å². The smallest absolute Gasteiger partial charge is 0.236 e. The minimum absolute atomic E-state index is 0.0913. The van der Waals surface area contributed by atoms with Crippen LogP contribution >= 0.6 is 23.1 Å². The number of thiazole rings is 1. The lowest BCUT2D eigenvalue weighted by molar-refractivity contribution is -0.113. The second-order valence-electron chi connectivity index (χ2n) is 4.73. The number of nitrogens with zero attached hydrogens (tertiary/aromatic N) is 4. The maximum absolute atomic E-state index is 12.0. The van der Waals surface area contributed by atoms with Gasteiger partial charge in [0.1, 0.15) is 6.33 Å². The summed E-state index contributed by atoms with van der Waals surface area (Å²) in [6.45, 7) is 4.84. The molecule has 3 rings (SSSR count). The Labute approximate surface area is 136 Å². The fraction of sp³-hybridized carbons (Fsp3) is 0.286. The Morgan fingerprint density at radius 1 is 1.45 bits per heavy atom. The minimum Gasteiger partial charge on any atom is -0.309 e. The van der Waals surface area contributed by atoms with Crippen molar-refractivity contribution in [2.45, 2.75) is 25.5 Å². The van der Waals surface area contributed by atoms with Crippen molar-refractivity contribution < 1.29 is 4.79 Å². The van der Waals surface area contributed by atoms with Gasteiger partial charge in [-0.3, -0.25) is 4.79 Å². The van der Waals surface area contributed by atoms with Crippen molar-refractivity contribution in [2.24, 2.45) is 0 Å². The molecule has 1 aromatic carbocycles. The molecule has 0 radical (unpaired) electrons. The third-order valence-electron chi connectivity index (χ3n) is 3.04. The minimum atomic E-state index is -0.0913. The lowest BCUT2D eigenvalue weighted by Crippen LogP contribution is -2.14. The topological polar surface area (TPSA) is 72.7 Å². The average Bonchev–Trinajstić information content (AvgIpc) is 3.10. The van der Waals surface area contributed by atoms with Gasteiger partial charge in [0.15, 0.2) is 10.3 Å². The van der Waals surface area contributed by atoms with E-state index in [0.29, 0.717) is 5.13 Å². The number of aromatic nitrogens is 4. The first-order valence-corrected chi connectivity index (χ1v) is 8.63. The molecule has 0 aliphatic rings. The molecule has 0 fully saturated rings. The van der Waals surface area contributed by atoms with E-state index in [2.05, 4.69) is 26.6 Å². The first kappa shape index (κ1) is 15.0. The molecule has 8 heteroatoms. The maximum Gasteiger partial charge on any atom is 0.236 e. The molecule has 0 bridgehead atoms.